The van der Waals surface area contributed by atoms with Gasteiger partial charge in [-0.05, 0) is 0 Å². The van der Waals surface area contributed by atoms with Crippen molar-refractivity contribution in [2.75, 3.05) is 11.5 Å². The average Bonchev–Trinajstić information content (AvgIpc) is 1.57. The minimum Gasteiger partial charge on any atom is -1.00 e. The molecule has 0 rings (SSSR count). The zero-order chi connectivity index (χ0) is 8.41. The van der Waals surface area contributed by atoms with Gasteiger partial charge < -0.3 is 18.5 Å². The Morgan fingerprint density at radius 3 is 0.929 bits per heavy atom. The summed E-state index contributed by atoms with van der Waals surface area (Å²) in [6.07, 6.45) is 0. The van der Waals surface area contributed by atoms with Gasteiger partial charge in [-0.1, -0.05) is 0 Å². The molecule has 0 fully saturated rings. The molecule has 0 saturated carbocycles. The minimum atomic E-state index is -4.59. The Morgan fingerprint density at radius 1 is 0.714 bits per heavy atom. The molecular formula is C2H4Ba2F2O6S2. The molecule has 0 aromatic heterocycles. The van der Waals surface area contributed by atoms with Crippen LogP contribution >= 0.6 is 0 Å². The Bertz CT molecular complexity index is 266. The van der Waals surface area contributed by atoms with Gasteiger partial charge >= 0.3 is 97.8 Å². The number of rotatable bonds is 3. The molecule has 0 N–H and O–H groups in total. The van der Waals surface area contributed by atoms with Gasteiger partial charge in [0, 0.05) is 0 Å². The molecule has 0 saturated heterocycles. The Labute approximate surface area is 161 Å². The van der Waals surface area contributed by atoms with Crippen LogP contribution in [0.2, 0.25) is 0 Å². The molecule has 78 valence electrons. The molecule has 0 atom stereocenters. The second-order valence-electron chi connectivity index (χ2n) is 1.52. The quantitative estimate of drug-likeness (QED) is 0.281. The van der Waals surface area contributed by atoms with Crippen molar-refractivity contribution in [2.45, 2.75) is 0 Å². The molecule has 0 aromatic rings. The van der Waals surface area contributed by atoms with Crippen LogP contribution in [0.3, 0.4) is 0 Å². The van der Waals surface area contributed by atoms with Crippen molar-refractivity contribution in [3.05, 3.63) is 0 Å². The third-order valence-corrected chi connectivity index (χ3v) is 2.25. The van der Waals surface area contributed by atoms with Gasteiger partial charge in [0.1, 0.15) is 0 Å². The zero-order valence-electron chi connectivity index (χ0n) is 6.85. The zero-order valence-corrected chi connectivity index (χ0v) is 17.4. The van der Waals surface area contributed by atoms with Crippen LogP contribution in [-0.4, -0.2) is 135 Å². The van der Waals surface area contributed by atoms with Gasteiger partial charge in [-0.2, -0.15) is 0 Å². The van der Waals surface area contributed by atoms with E-state index in [0.717, 1.165) is 0 Å². The van der Waals surface area contributed by atoms with E-state index >= 15 is 0 Å². The summed E-state index contributed by atoms with van der Waals surface area (Å²) in [7, 11) is -9.17. The monoisotopic (exact) mass is 502 g/mol. The van der Waals surface area contributed by atoms with Gasteiger partial charge in [-0.3, -0.25) is 0 Å². The Balaban J connectivity index is -0.0000000675. The summed E-state index contributed by atoms with van der Waals surface area (Å²) in [5.41, 5.74) is 0. The van der Waals surface area contributed by atoms with Crippen LogP contribution in [0.15, 0.2) is 0 Å². The van der Waals surface area contributed by atoms with Crippen LogP contribution in [0.4, 0.5) is 0 Å². The van der Waals surface area contributed by atoms with Crippen LogP contribution in [0.1, 0.15) is 0 Å². The number of halogens is 2. The minimum absolute atomic E-state index is 0. The smallest absolute Gasteiger partial charge is 1.00 e. The molecule has 0 amide bonds. The molecule has 0 aliphatic carbocycles. The molecule has 6 nitrogen and oxygen atoms in total. The first-order chi connectivity index (χ1) is 4.21. The van der Waals surface area contributed by atoms with E-state index in [1.165, 1.54) is 0 Å². The fourth-order valence-corrected chi connectivity index (χ4v) is 1.84. The van der Waals surface area contributed by atoms with Crippen LogP contribution in [0.5, 0.6) is 0 Å². The van der Waals surface area contributed by atoms with E-state index in [-0.39, 0.29) is 107 Å². The molecule has 0 heterocycles. The maximum Gasteiger partial charge on any atom is 2.00 e. The van der Waals surface area contributed by atoms with E-state index in [9.17, 15) is 25.9 Å². The van der Waals surface area contributed by atoms with Crippen molar-refractivity contribution >= 4 is 118 Å². The average molecular weight is 501 g/mol. The molecule has 0 radical (unpaired) electrons. The van der Waals surface area contributed by atoms with Crippen molar-refractivity contribution in [3.8, 4) is 0 Å². The van der Waals surface area contributed by atoms with Gasteiger partial charge in [-0.25, -0.2) is 16.8 Å². The van der Waals surface area contributed by atoms with E-state index in [4.69, 9.17) is 0 Å². The van der Waals surface area contributed by atoms with Crippen molar-refractivity contribution in [1.29, 1.82) is 0 Å². The SMILES string of the molecule is O=S(=O)([O-])CCS(=O)(=O)[O-].[Ba+2].[Ba+2].[F-].[F-]. The summed E-state index contributed by atoms with van der Waals surface area (Å²) in [6.45, 7) is 0. The Hall–Kier alpha value is 2.82. The molecular weight excluding hydrogens is 497 g/mol. The van der Waals surface area contributed by atoms with Gasteiger partial charge in [0.15, 0.2) is 0 Å². The van der Waals surface area contributed by atoms with Crippen LogP contribution in [0, 0.1) is 0 Å². The molecule has 0 aromatic carbocycles. The maximum atomic E-state index is 9.72. The number of hydrogen-bond donors (Lipinski definition) is 0. The van der Waals surface area contributed by atoms with Crippen molar-refractivity contribution < 1.29 is 35.3 Å². The summed E-state index contributed by atoms with van der Waals surface area (Å²) >= 11 is 0. The summed E-state index contributed by atoms with van der Waals surface area (Å²) in [5.74, 6) is -2.31. The molecule has 0 aliphatic rings. The maximum absolute atomic E-state index is 9.72. The third-order valence-electron chi connectivity index (χ3n) is 0.583. The fourth-order valence-electron chi connectivity index (χ4n) is 0.204. The van der Waals surface area contributed by atoms with Gasteiger partial charge in [0.25, 0.3) is 0 Å². The molecule has 0 aliphatic heterocycles. The molecule has 0 spiro atoms. The number of hydrogen-bond acceptors (Lipinski definition) is 6. The second-order valence-corrected chi connectivity index (χ2v) is 4.57. The van der Waals surface area contributed by atoms with Crippen LogP contribution in [-0.2, 0) is 20.2 Å². The molecule has 0 bridgehead atoms. The van der Waals surface area contributed by atoms with Crippen LogP contribution in [0.25, 0.3) is 0 Å². The van der Waals surface area contributed by atoms with E-state index in [0.29, 0.717) is 0 Å². The predicted octanol–water partition coefficient (Wildman–Crippen LogP) is -8.68. The first kappa shape index (κ1) is 30.1. The van der Waals surface area contributed by atoms with Crippen molar-refractivity contribution in [2.24, 2.45) is 0 Å². The predicted molar refractivity (Wildman–Crippen MR) is 40.6 cm³/mol. The van der Waals surface area contributed by atoms with E-state index in [1.54, 1.807) is 0 Å². The second kappa shape index (κ2) is 12.3. The molecule has 12 heteroatoms. The van der Waals surface area contributed by atoms with Gasteiger partial charge in [-0.15, -0.1) is 0 Å². The summed E-state index contributed by atoms with van der Waals surface area (Å²) < 4.78 is 58.3. The first-order valence-electron chi connectivity index (χ1n) is 2.08. The topological polar surface area (TPSA) is 114 Å². The largest absolute Gasteiger partial charge is 2.00 e. The van der Waals surface area contributed by atoms with Gasteiger partial charge in [0.05, 0.1) is 31.7 Å². The van der Waals surface area contributed by atoms with Crippen LogP contribution < -0.4 is 9.41 Å². The van der Waals surface area contributed by atoms with Crippen molar-refractivity contribution in [1.82, 2.24) is 0 Å². The summed E-state index contributed by atoms with van der Waals surface area (Å²) in [5, 5.41) is 0. The fraction of sp³-hybridized carbons (Fsp3) is 1.00. The van der Waals surface area contributed by atoms with Gasteiger partial charge in [0.2, 0.25) is 0 Å². The standard InChI is InChI=1S/C2H6O6S2.2Ba.2FH/c3-9(4,5)1-2-10(6,7)8;;;;/h1-2H2,(H,3,4,5)(H,6,7,8);;;2*1H/q;2*+2;;/p-4. The van der Waals surface area contributed by atoms with Crippen molar-refractivity contribution in [3.63, 3.8) is 0 Å². The molecule has 0 unspecified atom stereocenters. The van der Waals surface area contributed by atoms with E-state index in [2.05, 4.69) is 0 Å². The normalized spacial score (nSPS) is 9.57. The van der Waals surface area contributed by atoms with E-state index < -0.39 is 31.7 Å². The summed E-state index contributed by atoms with van der Waals surface area (Å²) in [4.78, 5) is 0. The van der Waals surface area contributed by atoms with E-state index in [1.807, 2.05) is 0 Å². The molecule has 14 heavy (non-hydrogen) atoms. The third kappa shape index (κ3) is 29.4. The first-order valence-corrected chi connectivity index (χ1v) is 5.23. The Morgan fingerprint density at radius 2 is 0.857 bits per heavy atom. The Kier molecular flexibility index (Phi) is 26.4. The summed E-state index contributed by atoms with van der Waals surface area (Å²) in [6, 6.07) is 0.